The number of nitrogens with two attached hydrogens (primary N) is 1. The highest BCUT2D eigenvalue weighted by Crippen LogP contribution is 2.35. The predicted molar refractivity (Wildman–Crippen MR) is 83.7 cm³/mol. The van der Waals surface area contributed by atoms with Crippen LogP contribution in [0.1, 0.15) is 43.9 Å². The van der Waals surface area contributed by atoms with Crippen LogP contribution < -0.4 is 5.73 Å². The highest BCUT2D eigenvalue weighted by atomic mass is 32.2. The second-order valence-electron chi connectivity index (χ2n) is 5.27. The van der Waals surface area contributed by atoms with Gasteiger partial charge in [-0.15, -0.1) is 0 Å². The topological polar surface area (TPSA) is 26.0 Å². The average Bonchev–Trinajstić information content (AvgIpc) is 2.41. The Morgan fingerprint density at radius 2 is 1.65 bits per heavy atom. The molecule has 2 N–H and O–H groups in total. The number of halogens is 1. The van der Waals surface area contributed by atoms with Gasteiger partial charge in [-0.25, -0.2) is 4.39 Å². The lowest BCUT2D eigenvalue weighted by Gasteiger charge is -2.13. The van der Waals surface area contributed by atoms with Crippen molar-refractivity contribution in [3.05, 3.63) is 59.4 Å². The summed E-state index contributed by atoms with van der Waals surface area (Å²) in [4.78, 5) is 1.65. The van der Waals surface area contributed by atoms with E-state index < -0.39 is 0 Å². The second-order valence-corrected chi connectivity index (χ2v) is 6.36. The largest absolute Gasteiger partial charge is 0.324 e. The van der Waals surface area contributed by atoms with Crippen LogP contribution in [0.4, 0.5) is 4.39 Å². The molecule has 1 unspecified atom stereocenters. The van der Waals surface area contributed by atoms with Crippen molar-refractivity contribution < 1.29 is 4.39 Å². The van der Waals surface area contributed by atoms with E-state index >= 15 is 0 Å². The Morgan fingerprint density at radius 3 is 2.20 bits per heavy atom. The zero-order chi connectivity index (χ0) is 14.7. The molecule has 106 valence electrons. The van der Waals surface area contributed by atoms with Gasteiger partial charge in [-0.1, -0.05) is 49.9 Å². The molecule has 0 saturated carbocycles. The summed E-state index contributed by atoms with van der Waals surface area (Å²) in [6.07, 6.45) is 0. The molecular formula is C17H20FNS. The second kappa shape index (κ2) is 6.42. The van der Waals surface area contributed by atoms with Crippen molar-refractivity contribution >= 4 is 11.8 Å². The predicted octanol–water partition coefficient (Wildman–Crippen LogP) is 5.12. The van der Waals surface area contributed by atoms with Crippen LogP contribution in [0, 0.1) is 5.82 Å². The van der Waals surface area contributed by atoms with Crippen LogP contribution >= 0.6 is 11.8 Å². The van der Waals surface area contributed by atoms with Crippen LogP contribution in [0.5, 0.6) is 0 Å². The maximum atomic E-state index is 14.0. The van der Waals surface area contributed by atoms with Crippen LogP contribution in [0.3, 0.4) is 0 Å². The number of benzene rings is 2. The highest BCUT2D eigenvalue weighted by molar-refractivity contribution is 7.99. The Labute approximate surface area is 124 Å². The van der Waals surface area contributed by atoms with Gasteiger partial charge in [-0.05, 0) is 42.2 Å². The molecule has 2 aromatic rings. The molecular weight excluding hydrogens is 269 g/mol. The SMILES string of the molecule is CC(C)c1ccc(Sc2c(F)cccc2C(C)N)cc1. The fraction of sp³-hybridized carbons (Fsp3) is 0.294. The van der Waals surface area contributed by atoms with Gasteiger partial charge in [-0.2, -0.15) is 0 Å². The average molecular weight is 289 g/mol. The molecule has 0 fully saturated rings. The quantitative estimate of drug-likeness (QED) is 0.845. The Balaban J connectivity index is 2.30. The van der Waals surface area contributed by atoms with Gasteiger partial charge in [0.1, 0.15) is 5.82 Å². The minimum atomic E-state index is -0.210. The fourth-order valence-electron chi connectivity index (χ4n) is 2.03. The van der Waals surface area contributed by atoms with E-state index in [1.54, 1.807) is 6.07 Å². The first-order valence-corrected chi connectivity index (χ1v) is 7.62. The summed E-state index contributed by atoms with van der Waals surface area (Å²) in [7, 11) is 0. The molecule has 0 aliphatic carbocycles. The van der Waals surface area contributed by atoms with Crippen molar-refractivity contribution in [3.8, 4) is 0 Å². The molecule has 1 atom stereocenters. The molecule has 0 radical (unpaired) electrons. The van der Waals surface area contributed by atoms with Crippen LogP contribution in [-0.2, 0) is 0 Å². The smallest absolute Gasteiger partial charge is 0.137 e. The molecule has 2 aromatic carbocycles. The first kappa shape index (κ1) is 15.1. The van der Waals surface area contributed by atoms with Crippen LogP contribution in [0.25, 0.3) is 0 Å². The molecule has 0 aliphatic heterocycles. The summed E-state index contributed by atoms with van der Waals surface area (Å²) in [5.74, 6) is 0.292. The van der Waals surface area contributed by atoms with Crippen molar-refractivity contribution in [1.29, 1.82) is 0 Å². The molecule has 2 rings (SSSR count). The molecule has 0 aromatic heterocycles. The fourth-order valence-corrected chi connectivity index (χ4v) is 3.08. The number of rotatable bonds is 4. The molecule has 0 aliphatic rings. The molecule has 0 spiro atoms. The third-order valence-electron chi connectivity index (χ3n) is 3.25. The third kappa shape index (κ3) is 3.41. The zero-order valence-corrected chi connectivity index (χ0v) is 12.9. The Kier molecular flexibility index (Phi) is 4.84. The minimum absolute atomic E-state index is 0.178. The molecule has 20 heavy (non-hydrogen) atoms. The third-order valence-corrected chi connectivity index (χ3v) is 4.40. The van der Waals surface area contributed by atoms with Crippen molar-refractivity contribution in [1.82, 2.24) is 0 Å². The summed E-state index contributed by atoms with van der Waals surface area (Å²) in [6, 6.07) is 13.2. The first-order chi connectivity index (χ1) is 9.49. The van der Waals surface area contributed by atoms with Crippen molar-refractivity contribution in [2.75, 3.05) is 0 Å². The summed E-state index contributed by atoms with van der Waals surface area (Å²) < 4.78 is 14.0. The van der Waals surface area contributed by atoms with E-state index in [1.807, 2.05) is 25.1 Å². The Morgan fingerprint density at radius 1 is 1.00 bits per heavy atom. The van der Waals surface area contributed by atoms with Gasteiger partial charge in [0, 0.05) is 10.9 Å². The van der Waals surface area contributed by atoms with Crippen LogP contribution in [0.15, 0.2) is 52.3 Å². The summed E-state index contributed by atoms with van der Waals surface area (Å²) in [5, 5.41) is 0. The summed E-state index contributed by atoms with van der Waals surface area (Å²) >= 11 is 1.43. The Bertz CT molecular complexity index is 576. The van der Waals surface area contributed by atoms with Gasteiger partial charge in [0.15, 0.2) is 0 Å². The number of hydrogen-bond donors (Lipinski definition) is 1. The first-order valence-electron chi connectivity index (χ1n) is 6.81. The normalized spacial score (nSPS) is 12.7. The molecule has 1 nitrogen and oxygen atoms in total. The van der Waals surface area contributed by atoms with E-state index in [1.165, 1.54) is 23.4 Å². The molecule has 0 saturated heterocycles. The van der Waals surface area contributed by atoms with Crippen molar-refractivity contribution in [2.45, 2.75) is 42.5 Å². The monoisotopic (exact) mass is 289 g/mol. The lowest BCUT2D eigenvalue weighted by atomic mass is 10.0. The maximum Gasteiger partial charge on any atom is 0.137 e. The summed E-state index contributed by atoms with van der Waals surface area (Å²) in [6.45, 7) is 6.20. The summed E-state index contributed by atoms with van der Waals surface area (Å²) in [5.41, 5.74) is 8.06. The molecule has 0 heterocycles. The van der Waals surface area contributed by atoms with E-state index in [-0.39, 0.29) is 11.9 Å². The lowest BCUT2D eigenvalue weighted by Crippen LogP contribution is -2.07. The van der Waals surface area contributed by atoms with Gasteiger partial charge >= 0.3 is 0 Å². The van der Waals surface area contributed by atoms with Crippen LogP contribution in [-0.4, -0.2) is 0 Å². The van der Waals surface area contributed by atoms with Crippen molar-refractivity contribution in [3.63, 3.8) is 0 Å². The van der Waals surface area contributed by atoms with Crippen LogP contribution in [0.2, 0.25) is 0 Å². The van der Waals surface area contributed by atoms with E-state index in [9.17, 15) is 4.39 Å². The standard InChI is InChI=1S/C17H20FNS/c1-11(2)13-7-9-14(10-8-13)20-17-15(12(3)19)5-4-6-16(17)18/h4-12H,19H2,1-3H3. The van der Waals surface area contributed by atoms with Gasteiger partial charge in [0.05, 0.1) is 4.90 Å². The number of hydrogen-bond acceptors (Lipinski definition) is 2. The zero-order valence-electron chi connectivity index (χ0n) is 12.1. The highest BCUT2D eigenvalue weighted by Gasteiger charge is 2.13. The van der Waals surface area contributed by atoms with E-state index in [0.29, 0.717) is 10.8 Å². The molecule has 3 heteroatoms. The Hall–Kier alpha value is -1.32. The van der Waals surface area contributed by atoms with Gasteiger partial charge in [0.25, 0.3) is 0 Å². The lowest BCUT2D eigenvalue weighted by molar-refractivity contribution is 0.591. The maximum absolute atomic E-state index is 14.0. The van der Waals surface area contributed by atoms with E-state index in [0.717, 1.165) is 10.5 Å². The van der Waals surface area contributed by atoms with Gasteiger partial charge < -0.3 is 5.73 Å². The van der Waals surface area contributed by atoms with Crippen molar-refractivity contribution in [2.24, 2.45) is 5.73 Å². The van der Waals surface area contributed by atoms with E-state index in [2.05, 4.69) is 26.0 Å². The molecule has 0 amide bonds. The molecule has 0 bridgehead atoms. The minimum Gasteiger partial charge on any atom is -0.324 e. The van der Waals surface area contributed by atoms with E-state index in [4.69, 9.17) is 5.73 Å². The van der Waals surface area contributed by atoms with Gasteiger partial charge in [-0.3, -0.25) is 0 Å². The van der Waals surface area contributed by atoms with Gasteiger partial charge in [0.2, 0.25) is 0 Å².